The van der Waals surface area contributed by atoms with Crippen molar-refractivity contribution >= 4 is 17.4 Å². The lowest BCUT2D eigenvalue weighted by Gasteiger charge is -2.27. The molecule has 0 bridgehead atoms. The number of aliphatic carboxylic acids is 1. The summed E-state index contributed by atoms with van der Waals surface area (Å²) in [6, 6.07) is -0.261. The Morgan fingerprint density at radius 1 is 1.50 bits per heavy atom. The zero-order chi connectivity index (χ0) is 14.3. The van der Waals surface area contributed by atoms with Crippen LogP contribution in [-0.2, 0) is 9.53 Å². The van der Waals surface area contributed by atoms with Crippen molar-refractivity contribution in [1.82, 2.24) is 19.6 Å². The summed E-state index contributed by atoms with van der Waals surface area (Å²) in [5.41, 5.74) is 0.614. The van der Waals surface area contributed by atoms with Crippen LogP contribution in [-0.4, -0.2) is 57.0 Å². The van der Waals surface area contributed by atoms with E-state index in [1.807, 2.05) is 23.3 Å². The third-order valence-electron chi connectivity index (χ3n) is 3.68. The number of hydrogen-bond donors (Lipinski definition) is 1. The number of fused-ring (bicyclic) bond motifs is 1. The van der Waals surface area contributed by atoms with Gasteiger partial charge in [0.1, 0.15) is 11.7 Å². The molecular formula is C12H15N5O3. The Bertz CT molecular complexity index is 656. The largest absolute Gasteiger partial charge is 0.481 e. The molecule has 2 aromatic heterocycles. The number of anilines is 1. The maximum atomic E-state index is 11.3. The van der Waals surface area contributed by atoms with Gasteiger partial charge in [-0.2, -0.15) is 0 Å². The third kappa shape index (κ3) is 1.88. The van der Waals surface area contributed by atoms with Gasteiger partial charge in [0.2, 0.25) is 5.65 Å². The van der Waals surface area contributed by atoms with Gasteiger partial charge >= 0.3 is 5.97 Å². The Morgan fingerprint density at radius 3 is 3.05 bits per heavy atom. The third-order valence-corrected chi connectivity index (χ3v) is 3.68. The molecule has 0 amide bonds. The second-order valence-electron chi connectivity index (χ2n) is 4.85. The Kier molecular flexibility index (Phi) is 3.01. The van der Waals surface area contributed by atoms with Crippen LogP contribution in [0, 0.1) is 12.8 Å². The van der Waals surface area contributed by atoms with Crippen molar-refractivity contribution in [2.75, 3.05) is 25.2 Å². The molecule has 3 heterocycles. The summed E-state index contributed by atoms with van der Waals surface area (Å²) in [5, 5.41) is 17.4. The van der Waals surface area contributed by atoms with Crippen LogP contribution in [0.15, 0.2) is 12.4 Å². The lowest BCUT2D eigenvalue weighted by molar-refractivity contribution is -0.141. The standard InChI is InChI=1S/C12H15N5O3/c1-7-14-15-11-10(13-3-4-17(7)11)16(2)9-6-20-5-8(9)12(18)19/h3-4,8-9H,5-6H2,1-2H3,(H,18,19). The molecule has 8 nitrogen and oxygen atoms in total. The van der Waals surface area contributed by atoms with Gasteiger partial charge in [-0.25, -0.2) is 4.98 Å². The van der Waals surface area contributed by atoms with Crippen molar-refractivity contribution in [1.29, 1.82) is 0 Å². The maximum absolute atomic E-state index is 11.3. The summed E-state index contributed by atoms with van der Waals surface area (Å²) in [6.07, 6.45) is 3.43. The molecule has 1 aliphatic heterocycles. The van der Waals surface area contributed by atoms with Gasteiger partial charge in [0.05, 0.1) is 19.3 Å². The molecule has 0 radical (unpaired) electrons. The van der Waals surface area contributed by atoms with E-state index in [0.29, 0.717) is 18.1 Å². The van der Waals surface area contributed by atoms with E-state index < -0.39 is 11.9 Å². The fourth-order valence-corrected chi connectivity index (χ4v) is 2.50. The molecule has 106 valence electrons. The zero-order valence-corrected chi connectivity index (χ0v) is 11.2. The monoisotopic (exact) mass is 277 g/mol. The molecule has 2 unspecified atom stereocenters. The fourth-order valence-electron chi connectivity index (χ4n) is 2.50. The van der Waals surface area contributed by atoms with E-state index in [9.17, 15) is 9.90 Å². The predicted molar refractivity (Wildman–Crippen MR) is 69.7 cm³/mol. The van der Waals surface area contributed by atoms with Crippen LogP contribution < -0.4 is 4.90 Å². The van der Waals surface area contributed by atoms with Crippen molar-refractivity contribution in [2.45, 2.75) is 13.0 Å². The molecule has 0 spiro atoms. The highest BCUT2D eigenvalue weighted by molar-refractivity contribution is 5.73. The average molecular weight is 277 g/mol. The second kappa shape index (κ2) is 4.71. The van der Waals surface area contributed by atoms with Crippen LogP contribution >= 0.6 is 0 Å². The van der Waals surface area contributed by atoms with E-state index in [2.05, 4.69) is 15.2 Å². The van der Waals surface area contributed by atoms with E-state index in [1.165, 1.54) is 0 Å². The number of likely N-dealkylation sites (N-methyl/N-ethyl adjacent to an activating group) is 1. The number of carbonyl (C=O) groups is 1. The van der Waals surface area contributed by atoms with Gasteiger partial charge in [-0.05, 0) is 6.92 Å². The van der Waals surface area contributed by atoms with Crippen LogP contribution in [0.1, 0.15) is 5.82 Å². The Balaban J connectivity index is 2.00. The van der Waals surface area contributed by atoms with E-state index in [1.54, 1.807) is 12.4 Å². The molecule has 2 aromatic rings. The van der Waals surface area contributed by atoms with E-state index in [4.69, 9.17) is 4.74 Å². The molecule has 20 heavy (non-hydrogen) atoms. The van der Waals surface area contributed by atoms with Crippen molar-refractivity contribution in [3.8, 4) is 0 Å². The summed E-state index contributed by atoms with van der Waals surface area (Å²) in [7, 11) is 1.81. The summed E-state index contributed by atoms with van der Waals surface area (Å²) >= 11 is 0. The minimum Gasteiger partial charge on any atom is -0.481 e. The molecule has 1 N–H and O–H groups in total. The summed E-state index contributed by atoms with van der Waals surface area (Å²) in [6.45, 7) is 2.44. The molecule has 1 fully saturated rings. The number of rotatable bonds is 3. The lowest BCUT2D eigenvalue weighted by Crippen LogP contribution is -2.41. The molecular weight excluding hydrogens is 262 g/mol. The van der Waals surface area contributed by atoms with Crippen LogP contribution in [0.4, 0.5) is 5.82 Å². The first-order valence-electron chi connectivity index (χ1n) is 6.29. The number of nitrogens with zero attached hydrogens (tertiary/aromatic N) is 5. The van der Waals surface area contributed by atoms with Crippen molar-refractivity contribution in [3.05, 3.63) is 18.2 Å². The van der Waals surface area contributed by atoms with Gasteiger partial charge in [-0.3, -0.25) is 9.20 Å². The van der Waals surface area contributed by atoms with Gasteiger partial charge in [-0.1, -0.05) is 0 Å². The minimum absolute atomic E-state index is 0.221. The van der Waals surface area contributed by atoms with Crippen molar-refractivity contribution in [3.63, 3.8) is 0 Å². The number of carboxylic acid groups (broad SMARTS) is 1. The van der Waals surface area contributed by atoms with E-state index in [-0.39, 0.29) is 12.6 Å². The van der Waals surface area contributed by atoms with Gasteiger partial charge in [0.25, 0.3) is 0 Å². The van der Waals surface area contributed by atoms with Gasteiger partial charge in [-0.15, -0.1) is 10.2 Å². The Hall–Kier alpha value is -2.22. The van der Waals surface area contributed by atoms with Crippen molar-refractivity contribution < 1.29 is 14.6 Å². The topological polar surface area (TPSA) is 92.8 Å². The number of hydrogen-bond acceptors (Lipinski definition) is 6. The second-order valence-corrected chi connectivity index (χ2v) is 4.85. The van der Waals surface area contributed by atoms with Crippen molar-refractivity contribution in [2.24, 2.45) is 5.92 Å². The number of aryl methyl sites for hydroxylation is 1. The predicted octanol–water partition coefficient (Wildman–Crippen LogP) is -0.0315. The molecule has 1 aliphatic rings. The van der Waals surface area contributed by atoms with Crippen LogP contribution in [0.3, 0.4) is 0 Å². The van der Waals surface area contributed by atoms with E-state index >= 15 is 0 Å². The first-order chi connectivity index (χ1) is 9.59. The number of carboxylic acids is 1. The molecule has 1 saturated heterocycles. The highest BCUT2D eigenvalue weighted by atomic mass is 16.5. The molecule has 2 atom stereocenters. The number of ether oxygens (including phenoxy) is 1. The average Bonchev–Trinajstić information content (AvgIpc) is 3.05. The lowest BCUT2D eigenvalue weighted by atomic mass is 10.0. The highest BCUT2D eigenvalue weighted by Gasteiger charge is 2.38. The first kappa shape index (κ1) is 12.8. The molecule has 3 rings (SSSR count). The molecule has 8 heteroatoms. The van der Waals surface area contributed by atoms with E-state index in [0.717, 1.165) is 5.82 Å². The fraction of sp³-hybridized carbons (Fsp3) is 0.500. The highest BCUT2D eigenvalue weighted by Crippen LogP contribution is 2.25. The maximum Gasteiger partial charge on any atom is 0.311 e. The summed E-state index contributed by atoms with van der Waals surface area (Å²) in [5.74, 6) is -0.0561. The first-order valence-corrected chi connectivity index (χ1v) is 6.29. The molecule has 0 aromatic carbocycles. The Morgan fingerprint density at radius 2 is 2.30 bits per heavy atom. The quantitative estimate of drug-likeness (QED) is 0.842. The minimum atomic E-state index is -0.857. The molecule has 0 saturated carbocycles. The smallest absolute Gasteiger partial charge is 0.311 e. The molecule has 0 aliphatic carbocycles. The zero-order valence-electron chi connectivity index (χ0n) is 11.2. The van der Waals surface area contributed by atoms with Crippen LogP contribution in [0.25, 0.3) is 5.65 Å². The van der Waals surface area contributed by atoms with Crippen LogP contribution in [0.2, 0.25) is 0 Å². The normalized spacial score (nSPS) is 22.3. The van der Waals surface area contributed by atoms with Gasteiger partial charge < -0.3 is 14.7 Å². The van der Waals surface area contributed by atoms with Gasteiger partial charge in [0, 0.05) is 19.4 Å². The number of aromatic nitrogens is 4. The Labute approximate surface area is 115 Å². The summed E-state index contributed by atoms with van der Waals surface area (Å²) < 4.78 is 7.12. The summed E-state index contributed by atoms with van der Waals surface area (Å²) in [4.78, 5) is 17.4. The SMILES string of the molecule is Cc1nnc2c(N(C)C3COCC3C(=O)O)nccn12. The van der Waals surface area contributed by atoms with Crippen LogP contribution in [0.5, 0.6) is 0 Å². The van der Waals surface area contributed by atoms with Gasteiger partial charge in [0.15, 0.2) is 5.82 Å².